The molecule has 0 radical (unpaired) electrons. The number of oxazole rings is 1. The molecule has 8 heteroatoms. The maximum absolute atomic E-state index is 12.0. The van der Waals surface area contributed by atoms with E-state index in [1.54, 1.807) is 36.0 Å². The molecule has 0 aliphatic rings. The van der Waals surface area contributed by atoms with Crippen LogP contribution < -0.4 is 11.1 Å². The van der Waals surface area contributed by atoms with Gasteiger partial charge in [-0.25, -0.2) is 4.98 Å². The van der Waals surface area contributed by atoms with Gasteiger partial charge in [0.2, 0.25) is 5.89 Å². The van der Waals surface area contributed by atoms with E-state index in [4.69, 9.17) is 10.2 Å². The van der Waals surface area contributed by atoms with Crippen LogP contribution in [0.15, 0.2) is 39.4 Å². The number of carbonyl (C=O) groups is 2. The van der Waals surface area contributed by atoms with Crippen LogP contribution in [0, 0.1) is 0 Å². The molecule has 1 heterocycles. The summed E-state index contributed by atoms with van der Waals surface area (Å²) in [5.41, 5.74) is 6.59. The molecule has 2 aromatic rings. The topological polar surface area (TPSA) is 98.2 Å². The molecule has 3 N–H and O–H groups in total. The number of Topliss-reactive ketones (excluding diaryl/α,β-unsaturated/α-hetero) is 1. The summed E-state index contributed by atoms with van der Waals surface area (Å²) in [5.74, 6) is 0.560. The molecule has 24 heavy (non-hydrogen) atoms. The van der Waals surface area contributed by atoms with Crippen LogP contribution in [0.3, 0.4) is 0 Å². The SMILES string of the molecule is CSCCC(N)c1nc(C(=O)NCC(=O)c2ccc(Br)cc2)co1. The number of thioether (sulfide) groups is 1. The zero-order valence-electron chi connectivity index (χ0n) is 13.1. The molecule has 6 nitrogen and oxygen atoms in total. The molecule has 1 atom stereocenters. The van der Waals surface area contributed by atoms with Crippen LogP contribution in [0.5, 0.6) is 0 Å². The van der Waals surface area contributed by atoms with E-state index in [1.165, 1.54) is 6.26 Å². The molecule has 1 unspecified atom stereocenters. The number of benzene rings is 1. The van der Waals surface area contributed by atoms with Gasteiger partial charge in [0, 0.05) is 10.0 Å². The second-order valence-electron chi connectivity index (χ2n) is 5.07. The van der Waals surface area contributed by atoms with Gasteiger partial charge in [-0.1, -0.05) is 28.1 Å². The maximum atomic E-state index is 12.0. The van der Waals surface area contributed by atoms with Gasteiger partial charge in [-0.15, -0.1) is 0 Å². The fourth-order valence-corrected chi connectivity index (χ4v) is 2.67. The monoisotopic (exact) mass is 411 g/mol. The van der Waals surface area contributed by atoms with Gasteiger partial charge in [0.25, 0.3) is 5.91 Å². The van der Waals surface area contributed by atoms with E-state index in [9.17, 15) is 9.59 Å². The number of halogens is 1. The molecule has 0 bridgehead atoms. The van der Waals surface area contributed by atoms with Crippen molar-refractivity contribution in [2.45, 2.75) is 12.5 Å². The molecular weight excluding hydrogens is 394 g/mol. The minimum atomic E-state index is -0.465. The highest BCUT2D eigenvalue weighted by atomic mass is 79.9. The summed E-state index contributed by atoms with van der Waals surface area (Å²) < 4.78 is 6.14. The Kier molecular flexibility index (Phi) is 7.01. The van der Waals surface area contributed by atoms with E-state index in [-0.39, 0.29) is 24.1 Å². The van der Waals surface area contributed by atoms with Crippen molar-refractivity contribution >= 4 is 39.4 Å². The lowest BCUT2D eigenvalue weighted by atomic mass is 10.1. The van der Waals surface area contributed by atoms with E-state index in [0.717, 1.165) is 10.2 Å². The summed E-state index contributed by atoms with van der Waals surface area (Å²) in [6.45, 7) is -0.110. The van der Waals surface area contributed by atoms with Crippen molar-refractivity contribution in [3.8, 4) is 0 Å². The molecule has 0 spiro atoms. The van der Waals surface area contributed by atoms with Crippen molar-refractivity contribution in [1.29, 1.82) is 0 Å². The summed E-state index contributed by atoms with van der Waals surface area (Å²) in [7, 11) is 0. The predicted octanol–water partition coefficient (Wildman–Crippen LogP) is 2.80. The van der Waals surface area contributed by atoms with Crippen molar-refractivity contribution in [3.63, 3.8) is 0 Å². The second kappa shape index (κ2) is 9.00. The standard InChI is InChI=1S/C16H18BrN3O3S/c1-24-7-6-12(18)16-20-13(9-23-16)15(22)19-8-14(21)10-2-4-11(17)5-3-10/h2-5,9,12H,6-8,18H2,1H3,(H,19,22). The van der Waals surface area contributed by atoms with Crippen LogP contribution in [0.1, 0.15) is 39.2 Å². The number of amides is 1. The van der Waals surface area contributed by atoms with Crippen molar-refractivity contribution in [1.82, 2.24) is 10.3 Å². The van der Waals surface area contributed by atoms with Gasteiger partial charge < -0.3 is 15.5 Å². The predicted molar refractivity (Wildman–Crippen MR) is 97.2 cm³/mol. The number of nitrogens with zero attached hydrogens (tertiary/aromatic N) is 1. The van der Waals surface area contributed by atoms with Gasteiger partial charge in [-0.3, -0.25) is 9.59 Å². The molecule has 2 rings (SSSR count). The molecule has 0 aliphatic heterocycles. The summed E-state index contributed by atoms with van der Waals surface area (Å²) in [6, 6.07) is 6.59. The lowest BCUT2D eigenvalue weighted by molar-refractivity contribution is 0.0900. The fourth-order valence-electron chi connectivity index (χ4n) is 1.92. The molecule has 1 aromatic heterocycles. The Morgan fingerprint density at radius 2 is 2.08 bits per heavy atom. The van der Waals surface area contributed by atoms with Crippen LogP contribution in [-0.4, -0.2) is 35.2 Å². The highest BCUT2D eigenvalue weighted by Crippen LogP contribution is 2.15. The van der Waals surface area contributed by atoms with Crippen LogP contribution >= 0.6 is 27.7 Å². The van der Waals surface area contributed by atoms with Crippen molar-refractivity contribution in [3.05, 3.63) is 52.1 Å². The molecule has 1 amide bonds. The Balaban J connectivity index is 1.89. The van der Waals surface area contributed by atoms with Gasteiger partial charge in [-0.05, 0) is 30.6 Å². The van der Waals surface area contributed by atoms with E-state index in [1.807, 2.05) is 6.26 Å². The van der Waals surface area contributed by atoms with Gasteiger partial charge >= 0.3 is 0 Å². The average Bonchev–Trinajstić information content (AvgIpc) is 3.08. The highest BCUT2D eigenvalue weighted by molar-refractivity contribution is 9.10. The third kappa shape index (κ3) is 5.19. The first kappa shape index (κ1) is 18.7. The normalized spacial score (nSPS) is 12.0. The Hall–Kier alpha value is -1.64. The van der Waals surface area contributed by atoms with E-state index < -0.39 is 5.91 Å². The number of nitrogens with two attached hydrogens (primary N) is 1. The first-order valence-corrected chi connectivity index (χ1v) is 9.47. The third-order valence-corrected chi connectivity index (χ3v) is 4.45. The lowest BCUT2D eigenvalue weighted by Gasteiger charge is -2.05. The number of ketones is 1. The number of aromatic nitrogens is 1. The highest BCUT2D eigenvalue weighted by Gasteiger charge is 2.17. The van der Waals surface area contributed by atoms with Crippen molar-refractivity contribution in [2.75, 3.05) is 18.6 Å². The molecule has 1 aromatic carbocycles. The molecule has 0 fully saturated rings. The van der Waals surface area contributed by atoms with E-state index in [2.05, 4.69) is 26.2 Å². The van der Waals surface area contributed by atoms with Crippen LogP contribution in [0.4, 0.5) is 0 Å². The van der Waals surface area contributed by atoms with Gasteiger partial charge in [0.05, 0.1) is 12.6 Å². The minimum absolute atomic E-state index is 0.110. The van der Waals surface area contributed by atoms with Gasteiger partial charge in [0.1, 0.15) is 6.26 Å². The smallest absolute Gasteiger partial charge is 0.273 e. The van der Waals surface area contributed by atoms with Gasteiger partial charge in [-0.2, -0.15) is 11.8 Å². The molecule has 0 aliphatic carbocycles. The Morgan fingerprint density at radius 3 is 2.75 bits per heavy atom. The lowest BCUT2D eigenvalue weighted by Crippen LogP contribution is -2.29. The molecule has 0 saturated carbocycles. The van der Waals surface area contributed by atoms with Gasteiger partial charge in [0.15, 0.2) is 11.5 Å². The number of hydrogen-bond acceptors (Lipinski definition) is 6. The largest absolute Gasteiger partial charge is 0.446 e. The number of nitrogens with one attached hydrogen (secondary N) is 1. The second-order valence-corrected chi connectivity index (χ2v) is 6.97. The molecule has 0 saturated heterocycles. The Bertz CT molecular complexity index is 703. The summed E-state index contributed by atoms with van der Waals surface area (Å²) in [5, 5.41) is 2.54. The van der Waals surface area contributed by atoms with E-state index in [0.29, 0.717) is 17.9 Å². The summed E-state index contributed by atoms with van der Waals surface area (Å²) >= 11 is 4.98. The first-order chi connectivity index (χ1) is 11.5. The quantitative estimate of drug-likeness (QED) is 0.647. The zero-order valence-corrected chi connectivity index (χ0v) is 15.5. The Morgan fingerprint density at radius 1 is 1.38 bits per heavy atom. The summed E-state index contributed by atoms with van der Waals surface area (Å²) in [4.78, 5) is 28.2. The number of carbonyl (C=O) groups excluding carboxylic acids is 2. The number of rotatable bonds is 8. The Labute approximate surface area is 152 Å². The van der Waals surface area contributed by atoms with Crippen LogP contribution in [0.25, 0.3) is 0 Å². The molecule has 128 valence electrons. The van der Waals surface area contributed by atoms with Crippen molar-refractivity contribution < 1.29 is 14.0 Å². The zero-order chi connectivity index (χ0) is 17.5. The maximum Gasteiger partial charge on any atom is 0.273 e. The number of hydrogen-bond donors (Lipinski definition) is 2. The van der Waals surface area contributed by atoms with Crippen LogP contribution in [-0.2, 0) is 0 Å². The molecular formula is C16H18BrN3O3S. The average molecular weight is 412 g/mol. The van der Waals surface area contributed by atoms with Crippen molar-refractivity contribution in [2.24, 2.45) is 5.73 Å². The minimum Gasteiger partial charge on any atom is -0.446 e. The summed E-state index contributed by atoms with van der Waals surface area (Å²) in [6.07, 6.45) is 3.96. The third-order valence-electron chi connectivity index (χ3n) is 3.28. The van der Waals surface area contributed by atoms with E-state index >= 15 is 0 Å². The van der Waals surface area contributed by atoms with Crippen LogP contribution in [0.2, 0.25) is 0 Å². The fraction of sp³-hybridized carbons (Fsp3) is 0.312. The first-order valence-electron chi connectivity index (χ1n) is 7.28.